The third kappa shape index (κ3) is 4.83. The van der Waals surface area contributed by atoms with Crippen molar-refractivity contribution in [1.82, 2.24) is 0 Å². The topological polar surface area (TPSA) is 93.2 Å². The van der Waals surface area contributed by atoms with E-state index < -0.39 is 22.2 Å². The van der Waals surface area contributed by atoms with Crippen molar-refractivity contribution in [2.45, 2.75) is 20.0 Å². The van der Waals surface area contributed by atoms with E-state index in [4.69, 9.17) is 21.6 Å². The zero-order valence-corrected chi connectivity index (χ0v) is 16.3. The monoisotopic (exact) mass is 398 g/mol. The van der Waals surface area contributed by atoms with E-state index in [9.17, 15) is 14.9 Å². The predicted molar refractivity (Wildman–Crippen MR) is 106 cm³/mol. The Morgan fingerprint density at radius 3 is 2.54 bits per heavy atom. The van der Waals surface area contributed by atoms with Crippen LogP contribution in [0.1, 0.15) is 31.1 Å². The van der Waals surface area contributed by atoms with Gasteiger partial charge in [-0.05, 0) is 17.7 Å². The molecular weight excluding hydrogens is 380 g/mol. The molecule has 0 fully saturated rings. The van der Waals surface area contributed by atoms with Gasteiger partial charge in [0.15, 0.2) is 5.78 Å². The van der Waals surface area contributed by atoms with Crippen molar-refractivity contribution in [2.24, 2.45) is 5.41 Å². The van der Waals surface area contributed by atoms with Gasteiger partial charge in [0.2, 0.25) is 0 Å². The number of nitro groups is 1. The number of allylic oxidation sites excluding steroid dienone is 1. The molecule has 1 unspecified atom stereocenters. The highest BCUT2D eigenvalue weighted by molar-refractivity contribution is 6.30. The van der Waals surface area contributed by atoms with Crippen LogP contribution >= 0.6 is 11.6 Å². The summed E-state index contributed by atoms with van der Waals surface area (Å²) in [6.07, 6.45) is -0.790. The summed E-state index contributed by atoms with van der Waals surface area (Å²) < 4.78 is 6.01. The van der Waals surface area contributed by atoms with Crippen LogP contribution in [-0.2, 0) is 9.53 Å². The van der Waals surface area contributed by atoms with Crippen molar-refractivity contribution >= 4 is 23.1 Å². The largest absolute Gasteiger partial charge is 0.367 e. The second-order valence-corrected chi connectivity index (χ2v) is 7.30. The minimum atomic E-state index is -1.03. The van der Waals surface area contributed by atoms with Crippen LogP contribution in [0.25, 0.3) is 0 Å². The van der Waals surface area contributed by atoms with E-state index in [1.54, 1.807) is 56.3 Å². The van der Waals surface area contributed by atoms with E-state index in [0.717, 1.165) is 0 Å². The summed E-state index contributed by atoms with van der Waals surface area (Å²) in [4.78, 5) is 23.4. The van der Waals surface area contributed by atoms with Crippen molar-refractivity contribution in [3.8, 4) is 6.07 Å². The second kappa shape index (κ2) is 8.79. The van der Waals surface area contributed by atoms with Gasteiger partial charge in [0.05, 0.1) is 28.1 Å². The number of rotatable bonds is 8. The van der Waals surface area contributed by atoms with Gasteiger partial charge in [0.25, 0.3) is 5.69 Å². The number of nitro benzene ring substituents is 1. The number of ketones is 1. The Morgan fingerprint density at radius 2 is 1.96 bits per heavy atom. The number of nitriles is 1. The van der Waals surface area contributed by atoms with Gasteiger partial charge in [-0.15, -0.1) is 0 Å². The Morgan fingerprint density at radius 1 is 1.32 bits per heavy atom. The lowest BCUT2D eigenvalue weighted by molar-refractivity contribution is -0.386. The van der Waals surface area contributed by atoms with Crippen LogP contribution in [0.3, 0.4) is 0 Å². The molecule has 0 aliphatic heterocycles. The van der Waals surface area contributed by atoms with Gasteiger partial charge in [-0.3, -0.25) is 14.9 Å². The Bertz CT molecular complexity index is 949. The number of ether oxygens (including phenoxy) is 1. The van der Waals surface area contributed by atoms with E-state index in [1.807, 2.05) is 6.07 Å². The zero-order chi connectivity index (χ0) is 20.9. The molecular formula is C21H19ClN2O4. The third-order valence-electron chi connectivity index (χ3n) is 4.21. The highest BCUT2D eigenvalue weighted by Gasteiger charge is 2.33. The zero-order valence-electron chi connectivity index (χ0n) is 15.5. The van der Waals surface area contributed by atoms with Crippen molar-refractivity contribution in [3.63, 3.8) is 0 Å². The molecule has 0 spiro atoms. The Labute approximate surface area is 168 Å². The average Bonchev–Trinajstić information content (AvgIpc) is 2.68. The first-order chi connectivity index (χ1) is 13.2. The number of hydrogen-bond donors (Lipinski definition) is 0. The first-order valence-corrected chi connectivity index (χ1v) is 8.79. The number of carbonyl (C=O) groups excluding carboxylic acids is 1. The van der Waals surface area contributed by atoms with Crippen molar-refractivity contribution < 1.29 is 14.5 Å². The predicted octanol–water partition coefficient (Wildman–Crippen LogP) is 5.03. The summed E-state index contributed by atoms with van der Waals surface area (Å²) in [6.45, 7) is 6.67. The van der Waals surface area contributed by atoms with Gasteiger partial charge in [-0.25, -0.2) is 0 Å². The van der Waals surface area contributed by atoms with E-state index in [2.05, 4.69) is 6.58 Å². The Balaban J connectivity index is 2.44. The molecule has 2 rings (SSSR count). The molecule has 0 aliphatic carbocycles. The molecule has 0 radical (unpaired) electrons. The molecule has 0 saturated heterocycles. The van der Waals surface area contributed by atoms with E-state index in [-0.39, 0.29) is 22.9 Å². The molecule has 0 bridgehead atoms. The normalized spacial score (nSPS) is 12.1. The molecule has 1 atom stereocenters. The number of halogens is 1. The lowest BCUT2D eigenvalue weighted by Crippen LogP contribution is -2.31. The number of nitrogens with zero attached hydrogens (tertiary/aromatic N) is 2. The standard InChI is InChI=1S/C21H19ClN2O4/c1-14(12-23)20(25)21(2,3)13-28-19(15-7-5-4-6-8-15)17-10-9-16(22)11-18(17)24(26)27/h4-11,19H,1,13H2,2-3H3. The highest BCUT2D eigenvalue weighted by Crippen LogP contribution is 2.36. The van der Waals surface area contributed by atoms with Gasteiger partial charge in [-0.1, -0.05) is 62.4 Å². The Hall–Kier alpha value is -3.01. The van der Waals surface area contributed by atoms with Crippen LogP contribution in [0.15, 0.2) is 60.7 Å². The summed E-state index contributed by atoms with van der Waals surface area (Å²) in [5.74, 6) is -0.438. The fourth-order valence-electron chi connectivity index (χ4n) is 2.71. The van der Waals surface area contributed by atoms with Crippen molar-refractivity contribution in [1.29, 1.82) is 5.26 Å². The summed E-state index contributed by atoms with van der Waals surface area (Å²) in [5.41, 5.74) is -0.353. The van der Waals surface area contributed by atoms with Crippen molar-refractivity contribution in [3.05, 3.63) is 86.9 Å². The van der Waals surface area contributed by atoms with Crippen LogP contribution in [0.2, 0.25) is 5.02 Å². The maximum atomic E-state index is 12.4. The van der Waals surface area contributed by atoms with Crippen LogP contribution in [-0.4, -0.2) is 17.3 Å². The minimum Gasteiger partial charge on any atom is -0.367 e. The SMILES string of the molecule is C=C(C#N)C(=O)C(C)(C)COC(c1ccccc1)c1ccc(Cl)cc1[N+](=O)[O-]. The lowest BCUT2D eigenvalue weighted by atomic mass is 9.85. The average molecular weight is 399 g/mol. The molecule has 7 heteroatoms. The number of carbonyl (C=O) groups is 1. The third-order valence-corrected chi connectivity index (χ3v) is 4.44. The van der Waals surface area contributed by atoms with Crippen LogP contribution < -0.4 is 0 Å². The van der Waals surface area contributed by atoms with Gasteiger partial charge in [0.1, 0.15) is 12.2 Å². The molecule has 0 aromatic heterocycles. The number of Topliss-reactive ketones (excluding diaryl/α,β-unsaturated/α-hetero) is 1. The van der Waals surface area contributed by atoms with Gasteiger partial charge >= 0.3 is 0 Å². The van der Waals surface area contributed by atoms with Gasteiger partial charge < -0.3 is 4.74 Å². The number of benzene rings is 2. The molecule has 6 nitrogen and oxygen atoms in total. The van der Waals surface area contributed by atoms with Crippen molar-refractivity contribution in [2.75, 3.05) is 6.61 Å². The Kier molecular flexibility index (Phi) is 6.68. The van der Waals surface area contributed by atoms with E-state index in [1.165, 1.54) is 6.07 Å². The molecule has 0 N–H and O–H groups in total. The molecule has 0 heterocycles. The summed E-state index contributed by atoms with van der Waals surface area (Å²) >= 11 is 5.92. The van der Waals surface area contributed by atoms with Gasteiger partial charge in [0, 0.05) is 11.1 Å². The van der Waals surface area contributed by atoms with E-state index in [0.29, 0.717) is 11.1 Å². The summed E-state index contributed by atoms with van der Waals surface area (Å²) in [6, 6.07) is 15.1. The highest BCUT2D eigenvalue weighted by atomic mass is 35.5. The van der Waals surface area contributed by atoms with E-state index >= 15 is 0 Å². The molecule has 0 aliphatic rings. The molecule has 2 aromatic rings. The second-order valence-electron chi connectivity index (χ2n) is 6.87. The maximum Gasteiger partial charge on any atom is 0.277 e. The molecule has 2 aromatic carbocycles. The molecule has 0 saturated carbocycles. The lowest BCUT2D eigenvalue weighted by Gasteiger charge is -2.26. The summed E-state index contributed by atoms with van der Waals surface area (Å²) in [7, 11) is 0. The van der Waals surface area contributed by atoms with Gasteiger partial charge in [-0.2, -0.15) is 5.26 Å². The smallest absolute Gasteiger partial charge is 0.277 e. The number of hydrogen-bond acceptors (Lipinski definition) is 5. The first kappa shape index (κ1) is 21.3. The maximum absolute atomic E-state index is 12.4. The van der Waals surface area contributed by atoms with Crippen LogP contribution in [0.5, 0.6) is 0 Å². The molecule has 0 amide bonds. The van der Waals surface area contributed by atoms with Crippen LogP contribution in [0.4, 0.5) is 5.69 Å². The molecule has 144 valence electrons. The molecule has 28 heavy (non-hydrogen) atoms. The quantitative estimate of drug-likeness (QED) is 0.269. The fraction of sp³-hybridized carbons (Fsp3) is 0.238. The first-order valence-electron chi connectivity index (χ1n) is 8.41. The summed E-state index contributed by atoms with van der Waals surface area (Å²) in [5, 5.41) is 20.7. The van der Waals surface area contributed by atoms with Crippen LogP contribution in [0, 0.1) is 26.9 Å². The fourth-order valence-corrected chi connectivity index (χ4v) is 2.87. The minimum absolute atomic E-state index is 0.0636.